The van der Waals surface area contributed by atoms with Gasteiger partial charge in [-0.05, 0) is 50.1 Å². The van der Waals surface area contributed by atoms with Crippen LogP contribution in [0.25, 0.3) is 0 Å². The molecule has 19 heavy (non-hydrogen) atoms. The highest BCUT2D eigenvalue weighted by Crippen LogP contribution is 2.65. The topological polar surface area (TPSA) is 24.5 Å². The average molecular weight is 268 g/mol. The van der Waals surface area contributed by atoms with E-state index in [0.717, 1.165) is 32.2 Å². The maximum Gasteiger partial charge on any atom is 0.0593 e. The zero-order chi connectivity index (χ0) is 14.1. The van der Waals surface area contributed by atoms with Crippen molar-refractivity contribution in [1.29, 1.82) is 0 Å². The van der Waals surface area contributed by atoms with Crippen molar-refractivity contribution in [2.45, 2.75) is 46.1 Å². The summed E-state index contributed by atoms with van der Waals surface area (Å²) in [6.07, 6.45) is 4.19. The molecule has 2 bridgehead atoms. The second-order valence-electron chi connectivity index (χ2n) is 7.53. The van der Waals surface area contributed by atoms with Crippen LogP contribution >= 0.6 is 0 Å². The van der Waals surface area contributed by atoms with Crippen LogP contribution in [0.3, 0.4) is 0 Å². The molecule has 3 atom stereocenters. The minimum absolute atomic E-state index is 0.487. The molecular weight excluding hydrogens is 236 g/mol. The van der Waals surface area contributed by atoms with Gasteiger partial charge in [0, 0.05) is 19.1 Å². The molecule has 1 N–H and O–H groups in total. The number of fused-ring (bicyclic) bond motifs is 2. The maximum atomic E-state index is 5.67. The summed E-state index contributed by atoms with van der Waals surface area (Å²) in [7, 11) is 4.17. The zero-order valence-electron chi connectivity index (χ0n) is 13.5. The molecule has 2 fully saturated rings. The highest BCUT2D eigenvalue weighted by Gasteiger charge is 2.60. The summed E-state index contributed by atoms with van der Waals surface area (Å²) in [5.74, 6) is 0.921. The number of ether oxygens (including phenoxy) is 1. The monoisotopic (exact) mass is 268 g/mol. The lowest BCUT2D eigenvalue weighted by Gasteiger charge is -2.39. The van der Waals surface area contributed by atoms with Crippen molar-refractivity contribution in [3.05, 3.63) is 0 Å². The number of rotatable bonds is 7. The van der Waals surface area contributed by atoms with Crippen LogP contribution in [0.5, 0.6) is 0 Å². The van der Waals surface area contributed by atoms with Gasteiger partial charge < -0.3 is 15.0 Å². The summed E-state index contributed by atoms with van der Waals surface area (Å²) >= 11 is 0. The quantitative estimate of drug-likeness (QED) is 0.718. The van der Waals surface area contributed by atoms with Gasteiger partial charge in [-0.15, -0.1) is 0 Å². The van der Waals surface area contributed by atoms with Crippen LogP contribution in [-0.2, 0) is 4.74 Å². The third kappa shape index (κ3) is 2.84. The second kappa shape index (κ2) is 5.71. The van der Waals surface area contributed by atoms with Gasteiger partial charge in [0.1, 0.15) is 0 Å². The van der Waals surface area contributed by atoms with Gasteiger partial charge in [-0.3, -0.25) is 0 Å². The summed E-state index contributed by atoms with van der Waals surface area (Å²) in [5.41, 5.74) is 0.998. The van der Waals surface area contributed by atoms with Crippen LogP contribution in [0.2, 0.25) is 0 Å². The van der Waals surface area contributed by atoms with Crippen LogP contribution < -0.4 is 5.32 Å². The van der Waals surface area contributed by atoms with Crippen molar-refractivity contribution in [2.24, 2.45) is 16.7 Å². The largest absolute Gasteiger partial charge is 0.379 e. The predicted octanol–water partition coefficient (Wildman–Crippen LogP) is 2.37. The van der Waals surface area contributed by atoms with E-state index in [9.17, 15) is 0 Å². The van der Waals surface area contributed by atoms with E-state index < -0.39 is 0 Å². The van der Waals surface area contributed by atoms with Gasteiger partial charge in [-0.25, -0.2) is 0 Å². The Hall–Kier alpha value is -0.120. The van der Waals surface area contributed by atoms with Gasteiger partial charge in [-0.2, -0.15) is 0 Å². The van der Waals surface area contributed by atoms with Gasteiger partial charge in [0.25, 0.3) is 0 Å². The third-order valence-electron chi connectivity index (χ3n) is 6.11. The molecule has 0 heterocycles. The standard InChI is InChI=1S/C16H32N2O/c1-15(2)13-6-7-16(15,3)14(12-13)17-8-10-19-11-9-18(4)5/h13-14,17H,6-12H2,1-5H3. The molecule has 0 aliphatic heterocycles. The van der Waals surface area contributed by atoms with Crippen molar-refractivity contribution in [1.82, 2.24) is 10.2 Å². The molecule has 2 rings (SSSR count). The molecule has 2 aliphatic carbocycles. The molecule has 3 heteroatoms. The summed E-state index contributed by atoms with van der Waals surface area (Å²) < 4.78 is 5.67. The van der Waals surface area contributed by atoms with Crippen molar-refractivity contribution in [3.63, 3.8) is 0 Å². The Morgan fingerprint density at radius 3 is 2.47 bits per heavy atom. The van der Waals surface area contributed by atoms with E-state index in [-0.39, 0.29) is 0 Å². The van der Waals surface area contributed by atoms with Crippen molar-refractivity contribution in [2.75, 3.05) is 40.4 Å². The van der Waals surface area contributed by atoms with Gasteiger partial charge in [-0.1, -0.05) is 20.8 Å². The Morgan fingerprint density at radius 2 is 1.95 bits per heavy atom. The van der Waals surface area contributed by atoms with Gasteiger partial charge in [0.2, 0.25) is 0 Å². The van der Waals surface area contributed by atoms with E-state index in [1.54, 1.807) is 0 Å². The highest BCUT2D eigenvalue weighted by atomic mass is 16.5. The van der Waals surface area contributed by atoms with E-state index in [1.165, 1.54) is 19.3 Å². The van der Waals surface area contributed by atoms with Crippen LogP contribution in [0.4, 0.5) is 0 Å². The van der Waals surface area contributed by atoms with Crippen LogP contribution in [0.15, 0.2) is 0 Å². The van der Waals surface area contributed by atoms with Gasteiger partial charge >= 0.3 is 0 Å². The SMILES string of the molecule is CN(C)CCOCCNC1CC2CCC1(C)C2(C)C. The molecule has 3 nitrogen and oxygen atoms in total. The summed E-state index contributed by atoms with van der Waals surface area (Å²) in [4.78, 5) is 2.16. The second-order valence-corrected chi connectivity index (χ2v) is 7.53. The van der Waals surface area contributed by atoms with E-state index in [4.69, 9.17) is 4.74 Å². The Morgan fingerprint density at radius 1 is 1.21 bits per heavy atom. The molecule has 0 amide bonds. The fraction of sp³-hybridized carbons (Fsp3) is 1.00. The van der Waals surface area contributed by atoms with Crippen LogP contribution in [0.1, 0.15) is 40.0 Å². The predicted molar refractivity (Wildman–Crippen MR) is 80.4 cm³/mol. The van der Waals surface area contributed by atoms with Crippen molar-refractivity contribution in [3.8, 4) is 0 Å². The minimum atomic E-state index is 0.487. The van der Waals surface area contributed by atoms with Crippen LogP contribution in [0, 0.1) is 16.7 Å². The van der Waals surface area contributed by atoms with Crippen molar-refractivity contribution >= 4 is 0 Å². The lowest BCUT2D eigenvalue weighted by Crippen LogP contribution is -2.45. The summed E-state index contributed by atoms with van der Waals surface area (Å²) in [6, 6.07) is 0.693. The van der Waals surface area contributed by atoms with Crippen molar-refractivity contribution < 1.29 is 4.74 Å². The first-order chi connectivity index (χ1) is 8.88. The first kappa shape index (κ1) is 15.3. The van der Waals surface area contributed by atoms with Gasteiger partial charge in [0.15, 0.2) is 0 Å². The summed E-state index contributed by atoms with van der Waals surface area (Å²) in [6.45, 7) is 11.1. The molecular formula is C16H32N2O. The molecule has 0 radical (unpaired) electrons. The Balaban J connectivity index is 1.68. The maximum absolute atomic E-state index is 5.67. The first-order valence-electron chi connectivity index (χ1n) is 7.84. The van der Waals surface area contributed by atoms with E-state index >= 15 is 0 Å². The Labute approximate surface area is 119 Å². The molecule has 0 spiro atoms. The molecule has 2 saturated carbocycles. The Kier molecular flexibility index (Phi) is 4.59. The fourth-order valence-electron chi connectivity index (χ4n) is 4.17. The number of hydrogen-bond acceptors (Lipinski definition) is 3. The number of hydrogen-bond donors (Lipinski definition) is 1. The highest BCUT2D eigenvalue weighted by molar-refractivity contribution is 5.12. The number of likely N-dealkylation sites (N-methyl/N-ethyl adjacent to an activating group) is 1. The lowest BCUT2D eigenvalue weighted by molar-refractivity contribution is 0.0966. The molecule has 0 aromatic heterocycles. The van der Waals surface area contributed by atoms with E-state index in [1.807, 2.05) is 0 Å². The average Bonchev–Trinajstić information content (AvgIpc) is 2.66. The zero-order valence-corrected chi connectivity index (χ0v) is 13.5. The fourth-order valence-corrected chi connectivity index (χ4v) is 4.17. The number of nitrogens with zero attached hydrogens (tertiary/aromatic N) is 1. The van der Waals surface area contributed by atoms with Crippen LogP contribution in [-0.4, -0.2) is 51.3 Å². The summed E-state index contributed by atoms with van der Waals surface area (Å²) in [5, 5.41) is 3.76. The van der Waals surface area contributed by atoms with E-state index in [2.05, 4.69) is 45.1 Å². The molecule has 112 valence electrons. The molecule has 0 aromatic carbocycles. The molecule has 3 unspecified atom stereocenters. The third-order valence-corrected chi connectivity index (χ3v) is 6.11. The molecule has 0 aromatic rings. The first-order valence-corrected chi connectivity index (χ1v) is 7.84. The van der Waals surface area contributed by atoms with Gasteiger partial charge in [0.05, 0.1) is 13.2 Å². The molecule has 2 aliphatic rings. The number of nitrogens with one attached hydrogen (secondary N) is 1. The Bertz CT molecular complexity index is 303. The minimum Gasteiger partial charge on any atom is -0.379 e. The molecule has 0 saturated heterocycles. The normalized spacial score (nSPS) is 36.3. The van der Waals surface area contributed by atoms with E-state index in [0.29, 0.717) is 16.9 Å². The smallest absolute Gasteiger partial charge is 0.0593 e. The lowest BCUT2D eigenvalue weighted by atomic mass is 9.69.